The van der Waals surface area contributed by atoms with Gasteiger partial charge in [-0.25, -0.2) is 4.98 Å². The number of thiazole rings is 1. The van der Waals surface area contributed by atoms with Crippen LogP contribution in [-0.2, 0) is 11.2 Å². The average Bonchev–Trinajstić information content (AvgIpc) is 2.96. The molecule has 22 heavy (non-hydrogen) atoms. The summed E-state index contributed by atoms with van der Waals surface area (Å²) in [6.45, 7) is 4.60. The molecule has 1 aliphatic heterocycles. The van der Waals surface area contributed by atoms with Crippen molar-refractivity contribution in [3.8, 4) is 10.6 Å². The second-order valence-electron chi connectivity index (χ2n) is 5.47. The third-order valence-electron chi connectivity index (χ3n) is 3.78. The molecule has 4 nitrogen and oxygen atoms in total. The maximum atomic E-state index is 12.4. The minimum absolute atomic E-state index is 0.167. The molecule has 2 heterocycles. The number of hydrogen-bond acceptors (Lipinski definition) is 4. The van der Waals surface area contributed by atoms with Crippen molar-refractivity contribution in [2.24, 2.45) is 0 Å². The largest absolute Gasteiger partial charge is 0.337 e. The zero-order chi connectivity index (χ0) is 15.5. The van der Waals surface area contributed by atoms with Gasteiger partial charge in [0.05, 0.1) is 12.1 Å². The van der Waals surface area contributed by atoms with Gasteiger partial charge in [-0.15, -0.1) is 11.3 Å². The van der Waals surface area contributed by atoms with Gasteiger partial charge in [0.1, 0.15) is 5.01 Å². The molecular formula is C16H18BrN3OS. The van der Waals surface area contributed by atoms with Crippen LogP contribution in [-0.4, -0.2) is 41.5 Å². The maximum absolute atomic E-state index is 12.4. The van der Waals surface area contributed by atoms with E-state index in [2.05, 4.69) is 33.2 Å². The van der Waals surface area contributed by atoms with Crippen molar-refractivity contribution in [3.63, 3.8) is 0 Å². The fraction of sp³-hybridized carbons (Fsp3) is 0.375. The second-order valence-corrected chi connectivity index (χ2v) is 7.25. The summed E-state index contributed by atoms with van der Waals surface area (Å²) in [5.74, 6) is 0.167. The van der Waals surface area contributed by atoms with Gasteiger partial charge in [-0.2, -0.15) is 0 Å². The standard InChI is InChI=1S/C16H18BrN3OS/c1-11-9-18-5-6-20(11)15(21)8-14-10-22-16(19-14)12-3-2-4-13(17)7-12/h2-4,7,10-11,18H,5-6,8-9H2,1H3/t11-/m0/s1. The Hall–Kier alpha value is -1.24. The molecule has 1 N–H and O–H groups in total. The van der Waals surface area contributed by atoms with Crippen molar-refractivity contribution in [1.82, 2.24) is 15.2 Å². The first kappa shape index (κ1) is 15.6. The molecule has 0 saturated carbocycles. The monoisotopic (exact) mass is 379 g/mol. The van der Waals surface area contributed by atoms with Crippen molar-refractivity contribution >= 4 is 33.2 Å². The van der Waals surface area contributed by atoms with Gasteiger partial charge in [-0.05, 0) is 19.1 Å². The van der Waals surface area contributed by atoms with Crippen LogP contribution in [0.25, 0.3) is 10.6 Å². The topological polar surface area (TPSA) is 45.2 Å². The van der Waals surface area contributed by atoms with Gasteiger partial charge in [-0.3, -0.25) is 4.79 Å². The number of nitrogens with one attached hydrogen (secondary N) is 1. The molecule has 1 aromatic heterocycles. The van der Waals surface area contributed by atoms with E-state index >= 15 is 0 Å². The zero-order valence-corrected chi connectivity index (χ0v) is 14.8. The molecule has 116 valence electrons. The molecule has 0 aliphatic carbocycles. The second kappa shape index (κ2) is 6.89. The summed E-state index contributed by atoms with van der Waals surface area (Å²) in [4.78, 5) is 19.0. The Kier molecular flexibility index (Phi) is 4.90. The van der Waals surface area contributed by atoms with Crippen LogP contribution in [0.2, 0.25) is 0 Å². The number of rotatable bonds is 3. The lowest BCUT2D eigenvalue weighted by Crippen LogP contribution is -2.52. The van der Waals surface area contributed by atoms with E-state index in [1.165, 1.54) is 0 Å². The minimum atomic E-state index is 0.167. The molecule has 2 aromatic rings. The number of piperazine rings is 1. The number of aromatic nitrogens is 1. The van der Waals surface area contributed by atoms with Crippen LogP contribution in [0.5, 0.6) is 0 Å². The third kappa shape index (κ3) is 3.56. The molecule has 1 saturated heterocycles. The quantitative estimate of drug-likeness (QED) is 0.891. The summed E-state index contributed by atoms with van der Waals surface area (Å²) < 4.78 is 1.03. The highest BCUT2D eigenvalue weighted by molar-refractivity contribution is 9.10. The van der Waals surface area contributed by atoms with E-state index in [0.717, 1.165) is 40.4 Å². The molecule has 1 fully saturated rings. The molecule has 6 heteroatoms. The van der Waals surface area contributed by atoms with E-state index in [9.17, 15) is 4.79 Å². The van der Waals surface area contributed by atoms with E-state index in [4.69, 9.17) is 0 Å². The number of carbonyl (C=O) groups excluding carboxylic acids is 1. The fourth-order valence-corrected chi connectivity index (χ4v) is 3.83. The van der Waals surface area contributed by atoms with Gasteiger partial charge in [-0.1, -0.05) is 28.1 Å². The molecule has 1 atom stereocenters. The molecule has 1 aromatic carbocycles. The maximum Gasteiger partial charge on any atom is 0.228 e. The summed E-state index contributed by atoms with van der Waals surface area (Å²) in [6, 6.07) is 8.32. The number of benzene rings is 1. The van der Waals surface area contributed by atoms with Crippen LogP contribution in [0.1, 0.15) is 12.6 Å². The predicted octanol–water partition coefficient (Wildman–Crippen LogP) is 2.94. The summed E-state index contributed by atoms with van der Waals surface area (Å²) in [6.07, 6.45) is 0.384. The Bertz CT molecular complexity index is 673. The molecular weight excluding hydrogens is 362 g/mol. The van der Waals surface area contributed by atoms with Gasteiger partial charge >= 0.3 is 0 Å². The van der Waals surface area contributed by atoms with Crippen LogP contribution in [0, 0.1) is 0 Å². The van der Waals surface area contributed by atoms with Crippen LogP contribution in [0.4, 0.5) is 0 Å². The SMILES string of the molecule is C[C@H]1CNCCN1C(=O)Cc1csc(-c2cccc(Br)c2)n1. The molecule has 1 amide bonds. The van der Waals surface area contributed by atoms with Crippen molar-refractivity contribution in [2.45, 2.75) is 19.4 Å². The van der Waals surface area contributed by atoms with Crippen molar-refractivity contribution < 1.29 is 4.79 Å². The van der Waals surface area contributed by atoms with E-state index in [-0.39, 0.29) is 11.9 Å². The summed E-state index contributed by atoms with van der Waals surface area (Å²) in [5, 5.41) is 6.25. The zero-order valence-electron chi connectivity index (χ0n) is 12.4. The molecule has 0 bridgehead atoms. The molecule has 0 unspecified atom stereocenters. The lowest BCUT2D eigenvalue weighted by atomic mass is 10.2. The normalized spacial score (nSPS) is 18.5. The van der Waals surface area contributed by atoms with Crippen LogP contribution in [0.15, 0.2) is 34.1 Å². The lowest BCUT2D eigenvalue weighted by Gasteiger charge is -2.33. The highest BCUT2D eigenvalue weighted by atomic mass is 79.9. The molecule has 1 aliphatic rings. The Morgan fingerprint density at radius 3 is 3.18 bits per heavy atom. The van der Waals surface area contributed by atoms with E-state index < -0.39 is 0 Å². The number of nitrogens with zero attached hydrogens (tertiary/aromatic N) is 2. The van der Waals surface area contributed by atoms with Crippen LogP contribution < -0.4 is 5.32 Å². The highest BCUT2D eigenvalue weighted by Gasteiger charge is 2.23. The van der Waals surface area contributed by atoms with Gasteiger partial charge in [0.15, 0.2) is 0 Å². The molecule has 0 radical (unpaired) electrons. The number of hydrogen-bond donors (Lipinski definition) is 1. The van der Waals surface area contributed by atoms with E-state index in [0.29, 0.717) is 6.42 Å². The molecule has 3 rings (SSSR count). The first-order valence-electron chi connectivity index (χ1n) is 7.34. The summed E-state index contributed by atoms with van der Waals surface area (Å²) >= 11 is 5.06. The van der Waals surface area contributed by atoms with Crippen molar-refractivity contribution in [1.29, 1.82) is 0 Å². The number of carbonyl (C=O) groups is 1. The summed E-state index contributed by atoms with van der Waals surface area (Å²) in [7, 11) is 0. The van der Waals surface area contributed by atoms with Gasteiger partial charge in [0, 0.05) is 41.1 Å². The van der Waals surface area contributed by atoms with Crippen LogP contribution in [0.3, 0.4) is 0 Å². The minimum Gasteiger partial charge on any atom is -0.337 e. The first-order valence-corrected chi connectivity index (χ1v) is 9.01. The lowest BCUT2D eigenvalue weighted by molar-refractivity contribution is -0.133. The Balaban J connectivity index is 1.70. The average molecular weight is 380 g/mol. The van der Waals surface area contributed by atoms with Crippen molar-refractivity contribution in [2.75, 3.05) is 19.6 Å². The van der Waals surface area contributed by atoms with Crippen LogP contribution >= 0.6 is 27.3 Å². The number of amides is 1. The van der Waals surface area contributed by atoms with Crippen molar-refractivity contribution in [3.05, 3.63) is 39.8 Å². The molecule has 0 spiro atoms. The smallest absolute Gasteiger partial charge is 0.228 e. The highest BCUT2D eigenvalue weighted by Crippen LogP contribution is 2.26. The fourth-order valence-electron chi connectivity index (χ4n) is 2.61. The predicted molar refractivity (Wildman–Crippen MR) is 93.0 cm³/mol. The number of halogens is 1. The third-order valence-corrected chi connectivity index (χ3v) is 5.21. The Morgan fingerprint density at radius 1 is 1.55 bits per heavy atom. The van der Waals surface area contributed by atoms with Gasteiger partial charge in [0.25, 0.3) is 0 Å². The Labute approximate surface area is 142 Å². The van der Waals surface area contributed by atoms with Gasteiger partial charge in [0.2, 0.25) is 5.91 Å². The first-order chi connectivity index (χ1) is 10.6. The van der Waals surface area contributed by atoms with E-state index in [1.807, 2.05) is 34.5 Å². The summed E-state index contributed by atoms with van der Waals surface area (Å²) in [5.41, 5.74) is 1.93. The Morgan fingerprint density at radius 2 is 2.41 bits per heavy atom. The van der Waals surface area contributed by atoms with E-state index in [1.54, 1.807) is 11.3 Å². The van der Waals surface area contributed by atoms with Gasteiger partial charge < -0.3 is 10.2 Å².